The van der Waals surface area contributed by atoms with Crippen molar-refractivity contribution in [3.8, 4) is 11.3 Å². The topological polar surface area (TPSA) is 138 Å². The van der Waals surface area contributed by atoms with Crippen molar-refractivity contribution in [2.45, 2.75) is 49.8 Å². The van der Waals surface area contributed by atoms with Gasteiger partial charge in [-0.1, -0.05) is 60.1 Å². The molecule has 3 aromatic carbocycles. The fourth-order valence-electron chi connectivity index (χ4n) is 5.02. The number of rotatable bonds is 8. The van der Waals surface area contributed by atoms with Gasteiger partial charge in [0.1, 0.15) is 11.1 Å². The van der Waals surface area contributed by atoms with Crippen molar-refractivity contribution in [2.24, 2.45) is 0 Å². The molecule has 5 rings (SSSR count). The first-order chi connectivity index (χ1) is 19.3. The van der Waals surface area contributed by atoms with E-state index in [1.165, 1.54) is 0 Å². The van der Waals surface area contributed by atoms with Crippen LogP contribution in [0.25, 0.3) is 11.3 Å². The van der Waals surface area contributed by atoms with Gasteiger partial charge in [-0.2, -0.15) is 0 Å². The summed E-state index contributed by atoms with van der Waals surface area (Å²) >= 11 is 6.52. The summed E-state index contributed by atoms with van der Waals surface area (Å²) in [4.78, 5) is 19.7. The first kappa shape index (κ1) is 29.0. The van der Waals surface area contributed by atoms with Crippen LogP contribution in [0.1, 0.15) is 51.4 Å². The average Bonchev–Trinajstić information content (AvgIpc) is 3.50. The van der Waals surface area contributed by atoms with Crippen LogP contribution in [0.2, 0.25) is 5.02 Å². The Morgan fingerprint density at radius 1 is 1.07 bits per heavy atom. The van der Waals surface area contributed by atoms with Gasteiger partial charge in [-0.25, -0.2) is 26.5 Å². The van der Waals surface area contributed by atoms with Crippen LogP contribution in [0.4, 0.5) is 0 Å². The van der Waals surface area contributed by atoms with Gasteiger partial charge in [-0.05, 0) is 72.7 Å². The van der Waals surface area contributed by atoms with E-state index in [1.54, 1.807) is 37.4 Å². The zero-order chi connectivity index (χ0) is 29.5. The van der Waals surface area contributed by atoms with Crippen LogP contribution in [0.5, 0.6) is 0 Å². The third-order valence-corrected chi connectivity index (χ3v) is 10.8. The maximum Gasteiger partial charge on any atom is 0.242 e. The van der Waals surface area contributed by atoms with Crippen LogP contribution in [-0.2, 0) is 31.3 Å². The second-order valence-corrected chi connectivity index (χ2v) is 14.2. The zero-order valence-corrected chi connectivity index (χ0v) is 25.0. The largest absolute Gasteiger partial charge is 0.341 e. The summed E-state index contributed by atoms with van der Waals surface area (Å²) in [5.41, 5.74) is 4.92. The van der Waals surface area contributed by atoms with Crippen LogP contribution in [0, 0.1) is 20.8 Å². The number of nitrogens with zero attached hydrogens (tertiary/aromatic N) is 1. The minimum Gasteiger partial charge on any atom is -0.341 e. The first-order valence-electron chi connectivity index (χ1n) is 12.9. The number of hydrogen-bond acceptors (Lipinski definition) is 6. The Kier molecular flexibility index (Phi) is 7.82. The van der Waals surface area contributed by atoms with Gasteiger partial charge in [0.05, 0.1) is 29.2 Å². The lowest BCUT2D eigenvalue weighted by Crippen LogP contribution is -2.31. The van der Waals surface area contributed by atoms with E-state index in [-0.39, 0.29) is 22.8 Å². The summed E-state index contributed by atoms with van der Waals surface area (Å²) in [6.07, 6.45) is 1.60. The number of hydrogen-bond donors (Lipinski definition) is 3. The quantitative estimate of drug-likeness (QED) is 0.261. The summed E-state index contributed by atoms with van der Waals surface area (Å²) in [5.74, 6) is -0.179. The standard InChI is InChI=1S/C29H29ClN4O5S2/c1-17-11-18(2)19(3)26(12-17)40(36,37)33-24(29-31-16-25(32-29)21-7-5-4-6-8-21)14-20-9-10-22(23(30)13-20)27-15-28(35)34-41(27,38)39/h4-13,16,24,27,33H,14-15H2,1-3H3,(H,31,32)(H,34,35)/t24-,27?/m0/s1. The van der Waals surface area contributed by atoms with Crippen LogP contribution in [-0.4, -0.2) is 32.7 Å². The summed E-state index contributed by atoms with van der Waals surface area (Å²) in [6, 6.07) is 17.2. The minimum absolute atomic E-state index is 0.166. The number of sulfonamides is 2. The molecule has 214 valence electrons. The molecule has 4 aromatic rings. The molecule has 0 saturated carbocycles. The van der Waals surface area contributed by atoms with Crippen molar-refractivity contribution in [2.75, 3.05) is 0 Å². The number of carbonyl (C=O) groups excluding carboxylic acids is 1. The number of aromatic nitrogens is 2. The number of nitrogens with one attached hydrogen (secondary N) is 3. The van der Waals surface area contributed by atoms with Crippen LogP contribution < -0.4 is 9.44 Å². The molecule has 3 N–H and O–H groups in total. The molecular weight excluding hydrogens is 584 g/mol. The smallest absolute Gasteiger partial charge is 0.242 e. The lowest BCUT2D eigenvalue weighted by molar-refractivity contribution is -0.118. The second-order valence-electron chi connectivity index (χ2n) is 10.2. The molecule has 2 atom stereocenters. The van der Waals surface area contributed by atoms with E-state index in [4.69, 9.17) is 11.6 Å². The third kappa shape index (κ3) is 6.08. The third-order valence-electron chi connectivity index (χ3n) is 7.21. The molecule has 41 heavy (non-hydrogen) atoms. The summed E-state index contributed by atoms with van der Waals surface area (Å²) in [5, 5.41) is -0.916. The first-order valence-corrected chi connectivity index (χ1v) is 16.3. The molecule has 1 aliphatic heterocycles. The van der Waals surface area contributed by atoms with Gasteiger partial charge in [0, 0.05) is 5.02 Å². The number of imidazole rings is 1. The second kappa shape index (κ2) is 11.1. The van der Waals surface area contributed by atoms with Gasteiger partial charge in [-0.3, -0.25) is 9.52 Å². The monoisotopic (exact) mass is 612 g/mol. The van der Waals surface area contributed by atoms with E-state index >= 15 is 0 Å². The van der Waals surface area contributed by atoms with Gasteiger partial charge in [0.2, 0.25) is 26.0 Å². The summed E-state index contributed by atoms with van der Waals surface area (Å²) < 4.78 is 57.0. The molecule has 2 heterocycles. The Morgan fingerprint density at radius 3 is 2.46 bits per heavy atom. The molecule has 1 amide bonds. The predicted molar refractivity (Wildman–Crippen MR) is 157 cm³/mol. The van der Waals surface area contributed by atoms with E-state index in [1.807, 2.05) is 55.0 Å². The molecular formula is C29H29ClN4O5S2. The van der Waals surface area contributed by atoms with Gasteiger partial charge < -0.3 is 4.98 Å². The Bertz CT molecular complexity index is 1860. The summed E-state index contributed by atoms with van der Waals surface area (Å²) in [7, 11) is -7.85. The highest BCUT2D eigenvalue weighted by atomic mass is 35.5. The van der Waals surface area contributed by atoms with E-state index in [9.17, 15) is 21.6 Å². The zero-order valence-electron chi connectivity index (χ0n) is 22.6. The molecule has 0 aliphatic carbocycles. The molecule has 1 fully saturated rings. The molecule has 1 aliphatic rings. The van der Waals surface area contributed by atoms with Gasteiger partial charge in [0.25, 0.3) is 0 Å². The highest BCUT2D eigenvalue weighted by molar-refractivity contribution is 7.90. The molecule has 0 spiro atoms. The normalized spacial score (nSPS) is 17.4. The molecule has 1 saturated heterocycles. The highest BCUT2D eigenvalue weighted by Crippen LogP contribution is 2.36. The van der Waals surface area contributed by atoms with Crippen LogP contribution >= 0.6 is 11.6 Å². The van der Waals surface area contributed by atoms with E-state index in [0.29, 0.717) is 22.5 Å². The number of amides is 1. The molecule has 1 aromatic heterocycles. The number of H-pyrrole nitrogens is 1. The van der Waals surface area contributed by atoms with Crippen molar-refractivity contribution in [3.63, 3.8) is 0 Å². The van der Waals surface area contributed by atoms with Crippen molar-refractivity contribution < 1.29 is 21.6 Å². The van der Waals surface area contributed by atoms with Crippen molar-refractivity contribution in [1.29, 1.82) is 0 Å². The van der Waals surface area contributed by atoms with Crippen molar-refractivity contribution in [3.05, 3.63) is 106 Å². The summed E-state index contributed by atoms with van der Waals surface area (Å²) in [6.45, 7) is 5.49. The Morgan fingerprint density at radius 2 is 1.80 bits per heavy atom. The van der Waals surface area contributed by atoms with E-state index in [2.05, 4.69) is 14.7 Å². The number of aryl methyl sites for hydroxylation is 2. The molecule has 1 unspecified atom stereocenters. The molecule has 0 radical (unpaired) electrons. The Hall–Kier alpha value is -3.51. The molecule has 12 heteroatoms. The molecule has 0 bridgehead atoms. The van der Waals surface area contributed by atoms with Gasteiger partial charge in [0.15, 0.2) is 0 Å². The maximum absolute atomic E-state index is 13.7. The maximum atomic E-state index is 13.7. The predicted octanol–water partition coefficient (Wildman–Crippen LogP) is 4.81. The van der Waals surface area contributed by atoms with Crippen LogP contribution in [0.3, 0.4) is 0 Å². The van der Waals surface area contributed by atoms with Crippen molar-refractivity contribution >= 4 is 37.6 Å². The SMILES string of the molecule is Cc1cc(C)c(C)c(S(=O)(=O)N[C@@H](Cc2ccc(C3CC(=O)NS3(=O)=O)c(Cl)c2)c2ncc(-c3ccccc3)[nH]2)c1. The number of aromatic amines is 1. The molecule has 9 nitrogen and oxygen atoms in total. The number of benzene rings is 3. The lowest BCUT2D eigenvalue weighted by Gasteiger charge is -2.20. The fraction of sp³-hybridized carbons (Fsp3) is 0.241. The van der Waals surface area contributed by atoms with E-state index < -0.39 is 37.2 Å². The lowest BCUT2D eigenvalue weighted by atomic mass is 10.0. The van der Waals surface area contributed by atoms with Gasteiger partial charge in [-0.15, -0.1) is 0 Å². The van der Waals surface area contributed by atoms with Crippen molar-refractivity contribution in [1.82, 2.24) is 19.4 Å². The average molecular weight is 613 g/mol. The number of carbonyl (C=O) groups is 1. The Labute approximate surface area is 244 Å². The van der Waals surface area contributed by atoms with Gasteiger partial charge >= 0.3 is 0 Å². The highest BCUT2D eigenvalue weighted by Gasteiger charge is 2.39. The number of halogens is 1. The Balaban J connectivity index is 1.51. The minimum atomic E-state index is -3.98. The van der Waals surface area contributed by atoms with Crippen LogP contribution in [0.15, 0.2) is 71.8 Å². The van der Waals surface area contributed by atoms with E-state index in [0.717, 1.165) is 22.4 Å². The fourth-order valence-corrected chi connectivity index (χ4v) is 8.48.